The van der Waals surface area contributed by atoms with E-state index in [0.717, 1.165) is 4.47 Å². The average Bonchev–Trinajstić information content (AvgIpc) is 2.63. The lowest BCUT2D eigenvalue weighted by Crippen LogP contribution is -2.55. The lowest BCUT2D eigenvalue weighted by atomic mass is 9.62. The number of Topliss-reactive ketones (excluding diaryl/α,β-unsaturated/α-hetero) is 1. The van der Waals surface area contributed by atoms with E-state index in [2.05, 4.69) is 15.9 Å². The molecule has 1 aromatic carbocycles. The van der Waals surface area contributed by atoms with Crippen molar-refractivity contribution in [3.05, 3.63) is 34.3 Å². The molecule has 1 saturated carbocycles. The topological polar surface area (TPSA) is 89.9 Å². The van der Waals surface area contributed by atoms with Gasteiger partial charge < -0.3 is 14.6 Å². The second kappa shape index (κ2) is 10.1. The van der Waals surface area contributed by atoms with Crippen molar-refractivity contribution in [1.29, 1.82) is 0 Å². The first-order valence-corrected chi connectivity index (χ1v) is 11.1. The highest BCUT2D eigenvalue weighted by Gasteiger charge is 2.57. The molecule has 4 atom stereocenters. The van der Waals surface area contributed by atoms with Crippen LogP contribution in [0.3, 0.4) is 0 Å². The Morgan fingerprint density at radius 1 is 1.07 bits per heavy atom. The SMILES string of the molecule is CC(C)COC(=O)[C@@H]1C(=O)C[C@](C)(O)[C@H](C(=O)OCC(C)C)[C@H]1c1ccc(Br)cc1. The van der Waals surface area contributed by atoms with Gasteiger partial charge in [-0.25, -0.2) is 0 Å². The van der Waals surface area contributed by atoms with Gasteiger partial charge in [0.05, 0.1) is 24.7 Å². The Hall–Kier alpha value is -1.73. The van der Waals surface area contributed by atoms with Crippen LogP contribution in [0, 0.1) is 23.7 Å². The molecule has 166 valence electrons. The van der Waals surface area contributed by atoms with Gasteiger partial charge >= 0.3 is 11.9 Å². The van der Waals surface area contributed by atoms with Gasteiger partial charge in [0.1, 0.15) is 5.92 Å². The second-order valence-corrected chi connectivity index (χ2v) is 10.00. The molecule has 0 aliphatic heterocycles. The second-order valence-electron chi connectivity index (χ2n) is 9.08. The van der Waals surface area contributed by atoms with E-state index >= 15 is 0 Å². The minimum Gasteiger partial charge on any atom is -0.465 e. The number of halogens is 1. The van der Waals surface area contributed by atoms with Gasteiger partial charge in [0.2, 0.25) is 0 Å². The van der Waals surface area contributed by atoms with Crippen molar-refractivity contribution in [2.45, 2.75) is 52.6 Å². The predicted molar refractivity (Wildman–Crippen MR) is 116 cm³/mol. The maximum Gasteiger partial charge on any atom is 0.317 e. The zero-order valence-electron chi connectivity index (χ0n) is 18.2. The maximum atomic E-state index is 13.1. The molecule has 1 aliphatic rings. The number of hydrogen-bond acceptors (Lipinski definition) is 6. The molecule has 0 saturated heterocycles. The van der Waals surface area contributed by atoms with Crippen LogP contribution in [0.4, 0.5) is 0 Å². The first kappa shape index (κ1) is 24.5. The normalized spacial score (nSPS) is 26.7. The summed E-state index contributed by atoms with van der Waals surface area (Å²) >= 11 is 3.37. The molecule has 0 aromatic heterocycles. The molecular weight excluding hydrogens is 452 g/mol. The van der Waals surface area contributed by atoms with Gasteiger partial charge in [0.15, 0.2) is 5.78 Å². The van der Waals surface area contributed by atoms with Crippen LogP contribution in [-0.2, 0) is 23.9 Å². The van der Waals surface area contributed by atoms with Gasteiger partial charge in [0.25, 0.3) is 0 Å². The Balaban J connectivity index is 2.51. The van der Waals surface area contributed by atoms with Crippen LogP contribution in [0.1, 0.15) is 52.5 Å². The van der Waals surface area contributed by atoms with E-state index in [9.17, 15) is 19.5 Å². The van der Waals surface area contributed by atoms with Crippen LogP contribution >= 0.6 is 15.9 Å². The summed E-state index contributed by atoms with van der Waals surface area (Å²) in [6, 6.07) is 7.04. The van der Waals surface area contributed by atoms with E-state index in [0.29, 0.717) is 5.56 Å². The quantitative estimate of drug-likeness (QED) is 0.468. The predicted octanol–water partition coefficient (Wildman–Crippen LogP) is 3.89. The number of benzene rings is 1. The van der Waals surface area contributed by atoms with E-state index in [1.165, 1.54) is 6.92 Å². The van der Waals surface area contributed by atoms with Crippen molar-refractivity contribution in [2.24, 2.45) is 23.7 Å². The van der Waals surface area contributed by atoms with Gasteiger partial charge in [0, 0.05) is 16.8 Å². The number of esters is 2. The number of ketones is 1. The third-order valence-electron chi connectivity index (χ3n) is 5.15. The molecule has 1 aliphatic carbocycles. The van der Waals surface area contributed by atoms with Gasteiger partial charge in [-0.3, -0.25) is 14.4 Å². The monoisotopic (exact) mass is 482 g/mol. The van der Waals surface area contributed by atoms with Crippen LogP contribution in [0.5, 0.6) is 0 Å². The summed E-state index contributed by atoms with van der Waals surface area (Å²) in [4.78, 5) is 38.9. The fourth-order valence-electron chi connectivity index (χ4n) is 3.78. The summed E-state index contributed by atoms with van der Waals surface area (Å²) in [5.74, 6) is -4.64. The standard InChI is InChI=1S/C23H31BrO6/c1-13(2)11-29-21(26)19-17(25)10-23(5,28)20(22(27)30-12-14(3)4)18(19)15-6-8-16(24)9-7-15/h6-9,13-14,18-20,28H,10-12H2,1-5H3/t18-,19+,20-,23-/m0/s1. The molecular formula is C23H31BrO6. The van der Waals surface area contributed by atoms with Crippen LogP contribution in [-0.4, -0.2) is 41.6 Å². The molecule has 0 unspecified atom stereocenters. The summed E-state index contributed by atoms with van der Waals surface area (Å²) in [6.45, 7) is 9.44. The number of carbonyl (C=O) groups is 3. The lowest BCUT2D eigenvalue weighted by molar-refractivity contribution is -0.173. The first-order chi connectivity index (χ1) is 13.9. The molecule has 0 radical (unpaired) electrons. The summed E-state index contributed by atoms with van der Waals surface area (Å²) in [5.41, 5.74) is -1.04. The molecule has 1 N–H and O–H groups in total. The smallest absolute Gasteiger partial charge is 0.317 e. The number of rotatable bonds is 7. The first-order valence-electron chi connectivity index (χ1n) is 10.3. The van der Waals surface area contributed by atoms with Crippen molar-refractivity contribution in [2.75, 3.05) is 13.2 Å². The molecule has 30 heavy (non-hydrogen) atoms. The average molecular weight is 483 g/mol. The number of aliphatic hydroxyl groups is 1. The van der Waals surface area contributed by atoms with E-state index in [1.807, 2.05) is 27.7 Å². The van der Waals surface area contributed by atoms with Gasteiger partial charge in [-0.2, -0.15) is 0 Å². The Kier molecular flexibility index (Phi) is 8.22. The summed E-state index contributed by atoms with van der Waals surface area (Å²) in [7, 11) is 0. The lowest BCUT2D eigenvalue weighted by Gasteiger charge is -2.43. The molecule has 1 aromatic rings. The molecule has 7 heteroatoms. The molecule has 0 bridgehead atoms. The van der Waals surface area contributed by atoms with Gasteiger partial charge in [-0.1, -0.05) is 55.8 Å². The van der Waals surface area contributed by atoms with Crippen molar-refractivity contribution >= 4 is 33.7 Å². The number of ether oxygens (including phenoxy) is 2. The Bertz CT molecular complexity index is 768. The minimum absolute atomic E-state index is 0.105. The molecule has 1 fully saturated rings. The van der Waals surface area contributed by atoms with E-state index in [4.69, 9.17) is 9.47 Å². The minimum atomic E-state index is -1.64. The van der Waals surface area contributed by atoms with Crippen molar-refractivity contribution in [3.63, 3.8) is 0 Å². The molecule has 0 amide bonds. The number of hydrogen-bond donors (Lipinski definition) is 1. The van der Waals surface area contributed by atoms with Crippen LogP contribution in [0.2, 0.25) is 0 Å². The van der Waals surface area contributed by atoms with Crippen molar-refractivity contribution < 1.29 is 29.0 Å². The molecule has 0 spiro atoms. The Labute approximate surface area is 186 Å². The van der Waals surface area contributed by atoms with Crippen LogP contribution in [0.15, 0.2) is 28.7 Å². The third-order valence-corrected chi connectivity index (χ3v) is 5.68. The largest absolute Gasteiger partial charge is 0.465 e. The van der Waals surface area contributed by atoms with Crippen LogP contribution in [0.25, 0.3) is 0 Å². The molecule has 2 rings (SSSR count). The van der Waals surface area contributed by atoms with Crippen molar-refractivity contribution in [1.82, 2.24) is 0 Å². The fourth-order valence-corrected chi connectivity index (χ4v) is 4.04. The summed E-state index contributed by atoms with van der Waals surface area (Å²) in [6.07, 6.45) is -0.317. The van der Waals surface area contributed by atoms with Gasteiger partial charge in [-0.15, -0.1) is 0 Å². The van der Waals surface area contributed by atoms with E-state index in [-0.39, 0.29) is 31.5 Å². The van der Waals surface area contributed by atoms with E-state index < -0.39 is 41.1 Å². The summed E-state index contributed by atoms with van der Waals surface area (Å²) < 4.78 is 11.6. The highest BCUT2D eigenvalue weighted by molar-refractivity contribution is 9.10. The Morgan fingerprint density at radius 3 is 2.07 bits per heavy atom. The van der Waals surface area contributed by atoms with Crippen molar-refractivity contribution in [3.8, 4) is 0 Å². The molecule has 0 heterocycles. The Morgan fingerprint density at radius 2 is 1.57 bits per heavy atom. The maximum absolute atomic E-state index is 13.1. The fraction of sp³-hybridized carbons (Fsp3) is 0.609. The van der Waals surface area contributed by atoms with Crippen LogP contribution < -0.4 is 0 Å². The zero-order chi connectivity index (χ0) is 22.6. The highest BCUT2D eigenvalue weighted by Crippen LogP contribution is 2.47. The van der Waals surface area contributed by atoms with E-state index in [1.54, 1.807) is 24.3 Å². The highest BCUT2D eigenvalue weighted by atomic mass is 79.9. The molecule has 6 nitrogen and oxygen atoms in total. The third kappa shape index (κ3) is 5.91. The zero-order valence-corrected chi connectivity index (χ0v) is 19.8. The number of carbonyl (C=O) groups excluding carboxylic acids is 3. The van der Waals surface area contributed by atoms with Gasteiger partial charge in [-0.05, 0) is 36.5 Å². The summed E-state index contributed by atoms with van der Waals surface area (Å²) in [5, 5.41) is 11.1.